The number of hydrogen-bond donors (Lipinski definition) is 2. The summed E-state index contributed by atoms with van der Waals surface area (Å²) in [5, 5.41) is 14.2. The van der Waals surface area contributed by atoms with Gasteiger partial charge in [-0.15, -0.1) is 0 Å². The van der Waals surface area contributed by atoms with E-state index in [4.69, 9.17) is 22.0 Å². The summed E-state index contributed by atoms with van der Waals surface area (Å²) < 4.78 is 4.22. The third kappa shape index (κ3) is 3.17. The van der Waals surface area contributed by atoms with Gasteiger partial charge in [-0.25, -0.2) is 0 Å². The van der Waals surface area contributed by atoms with Crippen LogP contribution in [0.3, 0.4) is 0 Å². The Morgan fingerprint density at radius 1 is 1.00 bits per heavy atom. The van der Waals surface area contributed by atoms with Gasteiger partial charge in [0, 0.05) is 55.7 Å². The van der Waals surface area contributed by atoms with Gasteiger partial charge in [0.15, 0.2) is 0 Å². The topological polar surface area (TPSA) is 61.9 Å². The van der Waals surface area contributed by atoms with Gasteiger partial charge in [-0.1, -0.05) is 29.8 Å². The standard InChI is InChI=1S/C25H27ClN6/c1-30-23-15-29-22-7-4-17(16-2-5-18(26)6-3-16)12-21(22)24(23)32(25(30)27)20-13-19(14-20)31-10-8-28-9-11-31/h2-7,12,15,19-20,27-28H,8-11,13-14H2,1H3. The van der Waals surface area contributed by atoms with Crippen LogP contribution in [0.5, 0.6) is 0 Å². The summed E-state index contributed by atoms with van der Waals surface area (Å²) in [6.07, 6.45) is 4.13. The maximum absolute atomic E-state index is 8.88. The summed E-state index contributed by atoms with van der Waals surface area (Å²) in [5.41, 5.74) is 5.92. The Morgan fingerprint density at radius 2 is 1.72 bits per heavy atom. The van der Waals surface area contributed by atoms with E-state index in [9.17, 15) is 0 Å². The van der Waals surface area contributed by atoms with Crippen molar-refractivity contribution in [3.8, 4) is 11.1 Å². The molecule has 2 aliphatic rings. The molecule has 0 radical (unpaired) electrons. The second kappa shape index (κ2) is 7.73. The fraction of sp³-hybridized carbons (Fsp3) is 0.360. The van der Waals surface area contributed by atoms with Crippen LogP contribution in [0.15, 0.2) is 48.7 Å². The molecule has 2 aromatic heterocycles. The maximum atomic E-state index is 8.88. The molecule has 2 aromatic carbocycles. The van der Waals surface area contributed by atoms with E-state index in [1.165, 1.54) is 0 Å². The Labute approximate surface area is 191 Å². The predicted molar refractivity (Wildman–Crippen MR) is 129 cm³/mol. The minimum Gasteiger partial charge on any atom is -0.314 e. The van der Waals surface area contributed by atoms with Gasteiger partial charge in [0.2, 0.25) is 5.62 Å². The summed E-state index contributed by atoms with van der Waals surface area (Å²) in [5.74, 6) is 0. The van der Waals surface area contributed by atoms with Gasteiger partial charge in [-0.3, -0.25) is 15.3 Å². The lowest BCUT2D eigenvalue weighted by atomic mass is 9.84. The predicted octanol–water partition coefficient (Wildman–Crippen LogP) is 3.94. The van der Waals surface area contributed by atoms with Crippen LogP contribution in [0.4, 0.5) is 0 Å². The highest BCUT2D eigenvalue weighted by atomic mass is 35.5. The Balaban J connectivity index is 1.45. The molecular weight excluding hydrogens is 420 g/mol. The first-order valence-electron chi connectivity index (χ1n) is 11.3. The lowest BCUT2D eigenvalue weighted by Crippen LogP contribution is -2.53. The number of piperazine rings is 1. The van der Waals surface area contributed by atoms with Crippen molar-refractivity contribution in [1.82, 2.24) is 24.3 Å². The van der Waals surface area contributed by atoms with Crippen molar-refractivity contribution in [1.29, 1.82) is 5.41 Å². The molecule has 0 bridgehead atoms. The molecule has 32 heavy (non-hydrogen) atoms. The van der Waals surface area contributed by atoms with Crippen molar-refractivity contribution < 1.29 is 0 Å². The quantitative estimate of drug-likeness (QED) is 0.501. The number of benzene rings is 2. The molecule has 6 rings (SSSR count). The van der Waals surface area contributed by atoms with Crippen molar-refractivity contribution in [3.05, 3.63) is 59.3 Å². The fourth-order valence-corrected chi connectivity index (χ4v) is 5.47. The average Bonchev–Trinajstić information content (AvgIpc) is 3.05. The zero-order valence-electron chi connectivity index (χ0n) is 18.2. The van der Waals surface area contributed by atoms with Gasteiger partial charge in [0.25, 0.3) is 0 Å². The molecule has 2 N–H and O–H groups in total. The van der Waals surface area contributed by atoms with Crippen LogP contribution in [0, 0.1) is 5.41 Å². The Morgan fingerprint density at radius 3 is 2.47 bits per heavy atom. The Hall–Kier alpha value is -2.67. The van der Waals surface area contributed by atoms with E-state index in [-0.39, 0.29) is 0 Å². The summed E-state index contributed by atoms with van der Waals surface area (Å²) in [4.78, 5) is 7.32. The number of hydrogen-bond acceptors (Lipinski definition) is 4. The number of pyridine rings is 1. The minimum atomic E-state index is 0.357. The normalized spacial score (nSPS) is 21.8. The van der Waals surface area contributed by atoms with E-state index in [0.29, 0.717) is 17.7 Å². The molecule has 0 atom stereocenters. The lowest BCUT2D eigenvalue weighted by molar-refractivity contribution is 0.0719. The molecule has 7 heteroatoms. The van der Waals surface area contributed by atoms with Crippen LogP contribution in [0.2, 0.25) is 5.02 Å². The van der Waals surface area contributed by atoms with E-state index in [1.54, 1.807) is 0 Å². The van der Waals surface area contributed by atoms with E-state index in [1.807, 2.05) is 29.9 Å². The molecule has 1 aliphatic carbocycles. The summed E-state index contributed by atoms with van der Waals surface area (Å²) in [6, 6.07) is 15.4. The second-order valence-corrected chi connectivity index (χ2v) is 9.48. The smallest absolute Gasteiger partial charge is 0.203 e. The van der Waals surface area contributed by atoms with Crippen molar-refractivity contribution in [2.24, 2.45) is 7.05 Å². The van der Waals surface area contributed by atoms with Crippen molar-refractivity contribution in [2.45, 2.75) is 24.9 Å². The zero-order valence-corrected chi connectivity index (χ0v) is 18.9. The van der Waals surface area contributed by atoms with Gasteiger partial charge in [0.05, 0.1) is 22.7 Å². The third-order valence-corrected chi connectivity index (χ3v) is 7.52. The molecule has 0 amide bonds. The number of aryl methyl sites for hydroxylation is 1. The number of fused-ring (bicyclic) bond motifs is 3. The first-order valence-corrected chi connectivity index (χ1v) is 11.7. The van der Waals surface area contributed by atoms with E-state index in [2.05, 4.69) is 45.1 Å². The van der Waals surface area contributed by atoms with Crippen LogP contribution in [-0.4, -0.2) is 51.2 Å². The average molecular weight is 447 g/mol. The first-order chi connectivity index (χ1) is 15.6. The molecule has 0 spiro atoms. The summed E-state index contributed by atoms with van der Waals surface area (Å²) in [7, 11) is 1.98. The van der Waals surface area contributed by atoms with Crippen molar-refractivity contribution >= 4 is 33.5 Å². The molecule has 0 unspecified atom stereocenters. The van der Waals surface area contributed by atoms with Crippen LogP contribution in [0.1, 0.15) is 18.9 Å². The Bertz CT molecular complexity index is 1360. The molecule has 1 saturated carbocycles. The van der Waals surface area contributed by atoms with Crippen LogP contribution >= 0.6 is 11.6 Å². The number of halogens is 1. The van der Waals surface area contributed by atoms with Gasteiger partial charge < -0.3 is 14.5 Å². The molecular formula is C25H27ClN6. The van der Waals surface area contributed by atoms with Crippen LogP contribution < -0.4 is 10.9 Å². The van der Waals surface area contributed by atoms with Gasteiger partial charge in [0.1, 0.15) is 0 Å². The van der Waals surface area contributed by atoms with E-state index < -0.39 is 0 Å². The van der Waals surface area contributed by atoms with Crippen molar-refractivity contribution in [3.63, 3.8) is 0 Å². The number of aromatic nitrogens is 3. The first kappa shape index (κ1) is 20.0. The SMILES string of the molecule is Cn1c(=N)n(C2CC(N3CCNCC3)C2)c2c3cc(-c4ccc(Cl)cc4)ccc3ncc21. The molecule has 3 heterocycles. The highest BCUT2D eigenvalue weighted by Crippen LogP contribution is 2.38. The minimum absolute atomic E-state index is 0.357. The summed E-state index contributed by atoms with van der Waals surface area (Å²) in [6.45, 7) is 4.41. The number of nitrogens with zero attached hydrogens (tertiary/aromatic N) is 4. The van der Waals surface area contributed by atoms with E-state index in [0.717, 1.165) is 77.1 Å². The second-order valence-electron chi connectivity index (χ2n) is 9.05. The van der Waals surface area contributed by atoms with Crippen LogP contribution in [-0.2, 0) is 7.05 Å². The molecule has 164 valence electrons. The molecule has 1 saturated heterocycles. The number of nitrogens with one attached hydrogen (secondary N) is 2. The van der Waals surface area contributed by atoms with Gasteiger partial charge in [-0.2, -0.15) is 0 Å². The van der Waals surface area contributed by atoms with Gasteiger partial charge >= 0.3 is 0 Å². The lowest BCUT2D eigenvalue weighted by Gasteiger charge is -2.45. The maximum Gasteiger partial charge on any atom is 0.203 e. The molecule has 1 aliphatic heterocycles. The highest BCUT2D eigenvalue weighted by molar-refractivity contribution is 6.30. The summed E-state index contributed by atoms with van der Waals surface area (Å²) >= 11 is 6.09. The molecule has 4 aromatic rings. The Kier molecular flexibility index (Phi) is 4.82. The monoisotopic (exact) mass is 446 g/mol. The fourth-order valence-electron chi connectivity index (χ4n) is 5.34. The largest absolute Gasteiger partial charge is 0.314 e. The van der Waals surface area contributed by atoms with Crippen LogP contribution in [0.25, 0.3) is 33.1 Å². The zero-order chi connectivity index (χ0) is 21.8. The number of rotatable bonds is 3. The highest BCUT2D eigenvalue weighted by Gasteiger charge is 2.36. The van der Waals surface area contributed by atoms with E-state index >= 15 is 0 Å². The van der Waals surface area contributed by atoms with Crippen molar-refractivity contribution in [2.75, 3.05) is 26.2 Å². The number of imidazole rings is 1. The van der Waals surface area contributed by atoms with Gasteiger partial charge in [-0.05, 0) is 48.2 Å². The third-order valence-electron chi connectivity index (χ3n) is 7.27. The molecule has 6 nitrogen and oxygen atoms in total. The molecule has 2 fully saturated rings.